The van der Waals surface area contributed by atoms with Crippen LogP contribution in [-0.4, -0.2) is 31.1 Å². The smallest absolute Gasteiger partial charge is 0.260 e. The van der Waals surface area contributed by atoms with E-state index < -0.39 is 5.82 Å². The van der Waals surface area contributed by atoms with Gasteiger partial charge >= 0.3 is 0 Å². The molecule has 22 heavy (non-hydrogen) atoms. The van der Waals surface area contributed by atoms with Crippen LogP contribution in [0.1, 0.15) is 5.56 Å². The normalized spacial score (nSPS) is 11.0. The number of halogens is 2. The lowest BCUT2D eigenvalue weighted by atomic mass is 10.2. The SMILES string of the molecule is Fc1cnc(Cl)nc1Oc1cccc(/C=N\n2cnnc2)c1. The minimum atomic E-state index is -0.701. The van der Waals surface area contributed by atoms with Gasteiger partial charge in [-0.3, -0.25) is 0 Å². The molecule has 0 saturated carbocycles. The van der Waals surface area contributed by atoms with Gasteiger partial charge in [-0.2, -0.15) is 14.5 Å². The van der Waals surface area contributed by atoms with Gasteiger partial charge in [0.05, 0.1) is 12.4 Å². The van der Waals surface area contributed by atoms with Crippen LogP contribution in [-0.2, 0) is 0 Å². The summed E-state index contributed by atoms with van der Waals surface area (Å²) < 4.78 is 20.3. The van der Waals surface area contributed by atoms with Gasteiger partial charge in [0.15, 0.2) is 0 Å². The summed E-state index contributed by atoms with van der Waals surface area (Å²) in [6.07, 6.45) is 5.44. The van der Waals surface area contributed by atoms with Crippen molar-refractivity contribution in [2.24, 2.45) is 5.10 Å². The van der Waals surface area contributed by atoms with Crippen molar-refractivity contribution in [1.29, 1.82) is 0 Å². The van der Waals surface area contributed by atoms with Crippen molar-refractivity contribution in [3.63, 3.8) is 0 Å². The Bertz CT molecular complexity index is 808. The van der Waals surface area contributed by atoms with Crippen LogP contribution in [0, 0.1) is 5.82 Å². The van der Waals surface area contributed by atoms with Crippen molar-refractivity contribution < 1.29 is 9.13 Å². The number of rotatable bonds is 4. The molecule has 0 N–H and O–H groups in total. The largest absolute Gasteiger partial charge is 0.436 e. The monoisotopic (exact) mass is 318 g/mol. The molecule has 7 nitrogen and oxygen atoms in total. The highest BCUT2D eigenvalue weighted by atomic mass is 35.5. The Morgan fingerprint density at radius 2 is 2.09 bits per heavy atom. The lowest BCUT2D eigenvalue weighted by Crippen LogP contribution is -1.95. The van der Waals surface area contributed by atoms with Gasteiger partial charge < -0.3 is 4.74 Å². The molecule has 2 heterocycles. The molecular formula is C13H8ClFN6O. The Balaban J connectivity index is 1.80. The van der Waals surface area contributed by atoms with Crippen LogP contribution in [0.25, 0.3) is 0 Å². The average Bonchev–Trinajstić information content (AvgIpc) is 3.03. The van der Waals surface area contributed by atoms with Crippen LogP contribution in [0.15, 0.2) is 48.2 Å². The molecule has 0 aliphatic carbocycles. The predicted octanol–water partition coefficient (Wildman–Crippen LogP) is 2.54. The molecule has 3 aromatic rings. The van der Waals surface area contributed by atoms with Gasteiger partial charge in [0, 0.05) is 0 Å². The Kier molecular flexibility index (Phi) is 4.01. The van der Waals surface area contributed by atoms with Gasteiger partial charge in [-0.25, -0.2) is 9.66 Å². The highest BCUT2D eigenvalue weighted by Crippen LogP contribution is 2.23. The molecular weight excluding hydrogens is 311 g/mol. The first-order chi connectivity index (χ1) is 10.7. The van der Waals surface area contributed by atoms with Gasteiger partial charge in [-0.05, 0) is 29.3 Å². The summed E-state index contributed by atoms with van der Waals surface area (Å²) in [5.74, 6) is -0.553. The third-order valence-electron chi connectivity index (χ3n) is 2.50. The molecule has 110 valence electrons. The number of nitrogens with zero attached hydrogens (tertiary/aromatic N) is 6. The minimum Gasteiger partial charge on any atom is -0.436 e. The molecule has 3 rings (SSSR count). The molecule has 0 unspecified atom stereocenters. The summed E-state index contributed by atoms with van der Waals surface area (Å²) in [4.78, 5) is 7.21. The number of ether oxygens (including phenoxy) is 1. The fourth-order valence-corrected chi connectivity index (χ4v) is 1.69. The summed E-state index contributed by atoms with van der Waals surface area (Å²) in [6, 6.07) is 6.88. The second-order valence-corrected chi connectivity index (χ2v) is 4.39. The first-order valence-electron chi connectivity index (χ1n) is 6.05. The molecule has 0 amide bonds. The van der Waals surface area contributed by atoms with Crippen molar-refractivity contribution in [2.45, 2.75) is 0 Å². The van der Waals surface area contributed by atoms with E-state index in [0.29, 0.717) is 5.75 Å². The second kappa shape index (κ2) is 6.27. The molecule has 0 atom stereocenters. The van der Waals surface area contributed by atoms with Gasteiger partial charge in [0.2, 0.25) is 11.1 Å². The molecule has 0 bridgehead atoms. The zero-order chi connectivity index (χ0) is 15.4. The fourth-order valence-electron chi connectivity index (χ4n) is 1.56. The summed E-state index contributed by atoms with van der Waals surface area (Å²) in [7, 11) is 0. The molecule has 0 radical (unpaired) electrons. The Hall–Kier alpha value is -2.87. The Morgan fingerprint density at radius 3 is 2.91 bits per heavy atom. The van der Waals surface area contributed by atoms with Gasteiger partial charge in [0.1, 0.15) is 18.4 Å². The average molecular weight is 319 g/mol. The summed E-state index contributed by atoms with van der Waals surface area (Å²) >= 11 is 5.62. The maximum Gasteiger partial charge on any atom is 0.260 e. The molecule has 9 heteroatoms. The number of hydrogen-bond donors (Lipinski definition) is 0. The number of benzene rings is 1. The highest BCUT2D eigenvalue weighted by molar-refractivity contribution is 6.28. The van der Waals surface area contributed by atoms with Crippen LogP contribution >= 0.6 is 11.6 Å². The molecule has 0 aliphatic heterocycles. The number of aromatic nitrogens is 5. The topological polar surface area (TPSA) is 78.1 Å². The van der Waals surface area contributed by atoms with E-state index in [-0.39, 0.29) is 11.2 Å². The molecule has 0 spiro atoms. The fraction of sp³-hybridized carbons (Fsp3) is 0. The zero-order valence-electron chi connectivity index (χ0n) is 11.0. The van der Waals surface area contributed by atoms with Crippen LogP contribution in [0.2, 0.25) is 5.28 Å². The quantitative estimate of drug-likeness (QED) is 0.545. The van der Waals surface area contributed by atoms with Gasteiger partial charge in [-0.1, -0.05) is 12.1 Å². The van der Waals surface area contributed by atoms with E-state index in [1.165, 1.54) is 17.3 Å². The summed E-state index contributed by atoms with van der Waals surface area (Å²) in [6.45, 7) is 0. The van der Waals surface area contributed by atoms with Crippen LogP contribution in [0.3, 0.4) is 0 Å². The first kappa shape index (κ1) is 14.1. The summed E-state index contributed by atoms with van der Waals surface area (Å²) in [5, 5.41) is 11.3. The standard InChI is InChI=1S/C13H8ClFN6O/c14-13-16-6-11(15)12(20-13)22-10-3-1-2-9(4-10)5-19-21-7-17-18-8-21/h1-8H/b19-5-. The summed E-state index contributed by atoms with van der Waals surface area (Å²) in [5.41, 5.74) is 0.742. The van der Waals surface area contributed by atoms with Crippen molar-refractivity contribution >= 4 is 17.8 Å². The van der Waals surface area contributed by atoms with E-state index >= 15 is 0 Å². The van der Waals surface area contributed by atoms with Crippen LogP contribution in [0.5, 0.6) is 11.6 Å². The minimum absolute atomic E-state index is 0.0956. The van der Waals surface area contributed by atoms with Crippen molar-refractivity contribution in [3.8, 4) is 11.6 Å². The molecule has 1 aromatic carbocycles. The molecule has 0 saturated heterocycles. The third-order valence-corrected chi connectivity index (χ3v) is 2.68. The molecule has 0 fully saturated rings. The van der Waals surface area contributed by atoms with E-state index in [2.05, 4.69) is 25.3 Å². The Morgan fingerprint density at radius 1 is 1.27 bits per heavy atom. The van der Waals surface area contributed by atoms with Crippen molar-refractivity contribution in [1.82, 2.24) is 24.8 Å². The van der Waals surface area contributed by atoms with E-state index in [1.54, 1.807) is 24.4 Å². The van der Waals surface area contributed by atoms with Crippen molar-refractivity contribution in [2.75, 3.05) is 0 Å². The Labute approximate surface area is 129 Å². The van der Waals surface area contributed by atoms with Gasteiger partial charge in [0.25, 0.3) is 5.88 Å². The zero-order valence-corrected chi connectivity index (χ0v) is 11.7. The van der Waals surface area contributed by atoms with E-state index in [9.17, 15) is 4.39 Å². The van der Waals surface area contributed by atoms with Crippen LogP contribution in [0.4, 0.5) is 4.39 Å². The lowest BCUT2D eigenvalue weighted by molar-refractivity contribution is 0.420. The van der Waals surface area contributed by atoms with E-state index in [0.717, 1.165) is 11.8 Å². The van der Waals surface area contributed by atoms with Gasteiger partial charge in [-0.15, -0.1) is 10.2 Å². The maximum absolute atomic E-state index is 13.5. The van der Waals surface area contributed by atoms with E-state index in [4.69, 9.17) is 16.3 Å². The van der Waals surface area contributed by atoms with Crippen molar-refractivity contribution in [3.05, 3.63) is 59.8 Å². The number of hydrogen-bond acceptors (Lipinski definition) is 6. The predicted molar refractivity (Wildman–Crippen MR) is 76.5 cm³/mol. The van der Waals surface area contributed by atoms with Crippen LogP contribution < -0.4 is 4.74 Å². The molecule has 0 aliphatic rings. The lowest BCUT2D eigenvalue weighted by Gasteiger charge is -2.06. The van der Waals surface area contributed by atoms with E-state index in [1.807, 2.05) is 6.07 Å². The maximum atomic E-state index is 13.5. The first-order valence-corrected chi connectivity index (χ1v) is 6.43. The highest BCUT2D eigenvalue weighted by Gasteiger charge is 2.08. The molecule has 2 aromatic heterocycles. The third kappa shape index (κ3) is 3.41. The second-order valence-electron chi connectivity index (χ2n) is 4.05.